The van der Waals surface area contributed by atoms with Crippen molar-refractivity contribution in [2.75, 3.05) is 13.1 Å². The Morgan fingerprint density at radius 3 is 2.31 bits per heavy atom. The molecule has 2 amide bonds. The standard InChI is InChI=1S/C27H26N2O3/c30-25-13-18(15-29(25)16-19-6-5-11-32-19)27(31)28-14-17-12-24-20-7-1-3-9-22(20)26(17)23-10-4-2-8-21(23)24/h1-11,17-18,24,26H,12-16H2,(H,28,31)/t17-,18-,24?,26?/m0/s1. The van der Waals surface area contributed by atoms with E-state index >= 15 is 0 Å². The quantitative estimate of drug-likeness (QED) is 0.670. The summed E-state index contributed by atoms with van der Waals surface area (Å²) < 4.78 is 5.36. The number of furan rings is 1. The zero-order valence-electron chi connectivity index (χ0n) is 17.9. The Labute approximate surface area is 187 Å². The maximum absolute atomic E-state index is 13.0. The Morgan fingerprint density at radius 2 is 1.66 bits per heavy atom. The van der Waals surface area contributed by atoms with E-state index < -0.39 is 0 Å². The summed E-state index contributed by atoms with van der Waals surface area (Å²) in [6, 6.07) is 21.2. The number of hydrogen-bond donors (Lipinski definition) is 1. The van der Waals surface area contributed by atoms with Crippen LogP contribution in [0, 0.1) is 11.8 Å². The van der Waals surface area contributed by atoms with Crippen LogP contribution in [0.3, 0.4) is 0 Å². The largest absolute Gasteiger partial charge is 0.467 e. The Bertz CT molecular complexity index is 1120. The lowest BCUT2D eigenvalue weighted by Gasteiger charge is -2.45. The maximum Gasteiger partial charge on any atom is 0.225 e. The van der Waals surface area contributed by atoms with Crippen molar-refractivity contribution in [3.8, 4) is 0 Å². The van der Waals surface area contributed by atoms with Crippen LogP contribution in [0.5, 0.6) is 0 Å². The summed E-state index contributed by atoms with van der Waals surface area (Å²) >= 11 is 0. The molecule has 1 aliphatic heterocycles. The van der Waals surface area contributed by atoms with Crippen molar-refractivity contribution in [2.24, 2.45) is 11.8 Å². The number of rotatable bonds is 5. The van der Waals surface area contributed by atoms with Gasteiger partial charge in [-0.15, -0.1) is 0 Å². The van der Waals surface area contributed by atoms with E-state index in [1.807, 2.05) is 12.1 Å². The minimum Gasteiger partial charge on any atom is -0.467 e. The highest BCUT2D eigenvalue weighted by atomic mass is 16.3. The first-order valence-corrected chi connectivity index (χ1v) is 11.4. The third-order valence-electron chi connectivity index (χ3n) is 7.47. The molecular weight excluding hydrogens is 400 g/mol. The van der Waals surface area contributed by atoms with Gasteiger partial charge < -0.3 is 14.6 Å². The van der Waals surface area contributed by atoms with Gasteiger partial charge in [-0.05, 0) is 46.7 Å². The van der Waals surface area contributed by atoms with E-state index in [4.69, 9.17) is 4.42 Å². The Hall–Kier alpha value is -3.34. The lowest BCUT2D eigenvalue weighted by Crippen LogP contribution is -2.41. The van der Waals surface area contributed by atoms with Crippen LogP contribution in [-0.2, 0) is 16.1 Å². The van der Waals surface area contributed by atoms with E-state index in [-0.39, 0.29) is 24.2 Å². The number of benzene rings is 2. The number of nitrogens with one attached hydrogen (secondary N) is 1. The molecule has 1 fully saturated rings. The molecule has 2 bridgehead atoms. The van der Waals surface area contributed by atoms with Crippen LogP contribution in [0.4, 0.5) is 0 Å². The minimum atomic E-state index is -0.294. The number of amides is 2. The van der Waals surface area contributed by atoms with Crippen LogP contribution in [0.1, 0.15) is 52.7 Å². The molecule has 7 rings (SSSR count). The molecule has 162 valence electrons. The Morgan fingerprint density at radius 1 is 0.969 bits per heavy atom. The van der Waals surface area contributed by atoms with Crippen LogP contribution >= 0.6 is 0 Å². The third kappa shape index (κ3) is 3.15. The first-order valence-electron chi connectivity index (χ1n) is 11.4. The Balaban J connectivity index is 1.15. The molecule has 3 aromatic rings. The second kappa shape index (κ2) is 7.66. The number of nitrogens with zero attached hydrogens (tertiary/aromatic N) is 1. The van der Waals surface area contributed by atoms with Crippen LogP contribution in [0.2, 0.25) is 0 Å². The summed E-state index contributed by atoms with van der Waals surface area (Å²) in [5.74, 6) is 1.53. The first kappa shape index (κ1) is 19.4. The molecule has 1 N–H and O–H groups in total. The van der Waals surface area contributed by atoms with E-state index in [0.29, 0.717) is 37.4 Å². The molecule has 2 aromatic carbocycles. The molecule has 3 aliphatic carbocycles. The summed E-state index contributed by atoms with van der Waals surface area (Å²) in [6.07, 6.45) is 2.93. The van der Waals surface area contributed by atoms with Gasteiger partial charge in [0.15, 0.2) is 0 Å². The first-order chi connectivity index (χ1) is 15.7. The zero-order chi connectivity index (χ0) is 21.7. The molecule has 0 unspecified atom stereocenters. The van der Waals surface area contributed by atoms with Gasteiger partial charge in [-0.2, -0.15) is 0 Å². The summed E-state index contributed by atoms with van der Waals surface area (Å²) in [6.45, 7) is 1.52. The molecule has 4 aliphatic rings. The average molecular weight is 427 g/mol. The van der Waals surface area contributed by atoms with Gasteiger partial charge in [-0.1, -0.05) is 48.5 Å². The van der Waals surface area contributed by atoms with Crippen molar-refractivity contribution >= 4 is 11.8 Å². The normalized spacial score (nSPS) is 25.5. The van der Waals surface area contributed by atoms with Crippen LogP contribution < -0.4 is 5.32 Å². The molecule has 2 atom stereocenters. The van der Waals surface area contributed by atoms with Crippen molar-refractivity contribution in [3.05, 3.63) is 94.9 Å². The van der Waals surface area contributed by atoms with Gasteiger partial charge in [0.1, 0.15) is 5.76 Å². The lowest BCUT2D eigenvalue weighted by molar-refractivity contribution is -0.129. The predicted octanol–water partition coefficient (Wildman–Crippen LogP) is 4.04. The van der Waals surface area contributed by atoms with E-state index in [0.717, 1.165) is 12.2 Å². The minimum absolute atomic E-state index is 0.0108. The summed E-state index contributed by atoms with van der Waals surface area (Å²) in [5.41, 5.74) is 5.69. The van der Waals surface area contributed by atoms with Gasteiger partial charge in [0.2, 0.25) is 11.8 Å². The second-order valence-corrected chi connectivity index (χ2v) is 9.28. The van der Waals surface area contributed by atoms with Crippen molar-refractivity contribution in [1.82, 2.24) is 10.2 Å². The number of carbonyl (C=O) groups excluding carboxylic acids is 2. The molecule has 1 aromatic heterocycles. The van der Waals surface area contributed by atoms with Gasteiger partial charge in [0.05, 0.1) is 18.7 Å². The topological polar surface area (TPSA) is 62.6 Å². The fourth-order valence-corrected chi connectivity index (χ4v) is 6.03. The van der Waals surface area contributed by atoms with Gasteiger partial charge in [-0.25, -0.2) is 0 Å². The number of fused-ring (bicyclic) bond motifs is 1. The molecule has 32 heavy (non-hydrogen) atoms. The van der Waals surface area contributed by atoms with E-state index in [1.165, 1.54) is 22.3 Å². The van der Waals surface area contributed by atoms with Crippen molar-refractivity contribution < 1.29 is 14.0 Å². The highest BCUT2D eigenvalue weighted by Crippen LogP contribution is 2.55. The van der Waals surface area contributed by atoms with Crippen LogP contribution in [0.15, 0.2) is 71.3 Å². The number of likely N-dealkylation sites (tertiary alicyclic amines) is 1. The molecular formula is C27H26N2O3. The zero-order valence-corrected chi connectivity index (χ0v) is 17.9. The van der Waals surface area contributed by atoms with Crippen molar-refractivity contribution in [3.63, 3.8) is 0 Å². The number of carbonyl (C=O) groups is 2. The van der Waals surface area contributed by atoms with Gasteiger partial charge in [0, 0.05) is 31.3 Å². The fourth-order valence-electron chi connectivity index (χ4n) is 6.03. The van der Waals surface area contributed by atoms with Gasteiger partial charge in [0.25, 0.3) is 0 Å². The Kier molecular flexibility index (Phi) is 4.63. The molecule has 0 radical (unpaired) electrons. The monoisotopic (exact) mass is 426 g/mol. The highest BCUT2D eigenvalue weighted by Gasteiger charge is 2.43. The smallest absolute Gasteiger partial charge is 0.225 e. The molecule has 5 heteroatoms. The van der Waals surface area contributed by atoms with Gasteiger partial charge >= 0.3 is 0 Å². The van der Waals surface area contributed by atoms with Crippen LogP contribution in [-0.4, -0.2) is 29.8 Å². The third-order valence-corrected chi connectivity index (χ3v) is 7.47. The summed E-state index contributed by atoms with van der Waals surface area (Å²) in [5, 5.41) is 3.20. The average Bonchev–Trinajstić information content (AvgIpc) is 3.48. The molecule has 0 saturated carbocycles. The molecule has 0 spiro atoms. The van der Waals surface area contributed by atoms with Gasteiger partial charge in [-0.3, -0.25) is 9.59 Å². The van der Waals surface area contributed by atoms with E-state index in [2.05, 4.69) is 53.8 Å². The number of hydrogen-bond acceptors (Lipinski definition) is 3. The SMILES string of the molecule is O=C(NC[C@@H]1CC2c3ccccc3C1c1ccccc12)[C@H]1CC(=O)N(Cc2ccco2)C1. The summed E-state index contributed by atoms with van der Waals surface area (Å²) in [4.78, 5) is 27.1. The molecule has 5 nitrogen and oxygen atoms in total. The van der Waals surface area contributed by atoms with Crippen molar-refractivity contribution in [2.45, 2.75) is 31.2 Å². The highest BCUT2D eigenvalue weighted by molar-refractivity contribution is 5.89. The molecule has 1 saturated heterocycles. The molecule has 2 heterocycles. The van der Waals surface area contributed by atoms with Crippen molar-refractivity contribution in [1.29, 1.82) is 0 Å². The lowest BCUT2D eigenvalue weighted by atomic mass is 9.59. The maximum atomic E-state index is 13.0. The summed E-state index contributed by atoms with van der Waals surface area (Å²) in [7, 11) is 0. The van der Waals surface area contributed by atoms with E-state index in [9.17, 15) is 9.59 Å². The second-order valence-electron chi connectivity index (χ2n) is 9.28. The fraction of sp³-hybridized carbons (Fsp3) is 0.333. The van der Waals surface area contributed by atoms with E-state index in [1.54, 1.807) is 11.2 Å². The van der Waals surface area contributed by atoms with Crippen LogP contribution in [0.25, 0.3) is 0 Å². The predicted molar refractivity (Wildman–Crippen MR) is 120 cm³/mol.